The third kappa shape index (κ3) is 3.73. The van der Waals surface area contributed by atoms with Gasteiger partial charge in [0.2, 0.25) is 0 Å². The van der Waals surface area contributed by atoms with E-state index in [4.69, 9.17) is 0 Å². The molecule has 0 amide bonds. The Morgan fingerprint density at radius 3 is 2.67 bits per heavy atom. The van der Waals surface area contributed by atoms with Gasteiger partial charge in [0.05, 0.1) is 0 Å². The largest absolute Gasteiger partial charge is 0.125 e. The molecular formula is C19H21BrS. The Balaban J connectivity index is 1.67. The average Bonchev–Trinajstić information content (AvgIpc) is 2.92. The van der Waals surface area contributed by atoms with Crippen molar-refractivity contribution in [3.05, 3.63) is 65.2 Å². The second kappa shape index (κ2) is 7.02. The summed E-state index contributed by atoms with van der Waals surface area (Å²) >= 11 is 5.75. The van der Waals surface area contributed by atoms with Crippen molar-refractivity contribution in [2.45, 2.75) is 30.6 Å². The van der Waals surface area contributed by atoms with Crippen LogP contribution in [0.25, 0.3) is 0 Å². The molecule has 110 valence electrons. The summed E-state index contributed by atoms with van der Waals surface area (Å²) in [5.74, 6) is 2.68. The molecule has 0 aromatic heterocycles. The van der Waals surface area contributed by atoms with Gasteiger partial charge in [-0.25, -0.2) is 0 Å². The number of hydrogen-bond donors (Lipinski definition) is 0. The lowest BCUT2D eigenvalue weighted by atomic mass is 9.87. The van der Waals surface area contributed by atoms with E-state index in [1.165, 1.54) is 34.6 Å². The fourth-order valence-electron chi connectivity index (χ4n) is 3.09. The normalized spacial score (nSPS) is 18.5. The van der Waals surface area contributed by atoms with Crippen LogP contribution in [0.3, 0.4) is 0 Å². The molecule has 0 nitrogen and oxygen atoms in total. The van der Waals surface area contributed by atoms with Gasteiger partial charge < -0.3 is 0 Å². The number of thioether (sulfide) groups is 1. The predicted molar refractivity (Wildman–Crippen MR) is 96.7 cm³/mol. The van der Waals surface area contributed by atoms with Crippen molar-refractivity contribution < 1.29 is 0 Å². The highest BCUT2D eigenvalue weighted by atomic mass is 79.9. The van der Waals surface area contributed by atoms with Crippen molar-refractivity contribution in [3.63, 3.8) is 0 Å². The van der Waals surface area contributed by atoms with Crippen LogP contribution < -0.4 is 0 Å². The quantitative estimate of drug-likeness (QED) is 0.604. The van der Waals surface area contributed by atoms with Crippen molar-refractivity contribution in [1.82, 2.24) is 0 Å². The van der Waals surface area contributed by atoms with Gasteiger partial charge in [-0.3, -0.25) is 0 Å². The van der Waals surface area contributed by atoms with Gasteiger partial charge in [-0.1, -0.05) is 64.0 Å². The lowest BCUT2D eigenvalue weighted by molar-refractivity contribution is 0.496. The molecule has 2 aromatic rings. The number of alkyl halides is 1. The number of benzene rings is 2. The first kappa shape index (κ1) is 15.2. The van der Waals surface area contributed by atoms with E-state index < -0.39 is 0 Å². The van der Waals surface area contributed by atoms with Crippen molar-refractivity contribution >= 4 is 27.7 Å². The van der Waals surface area contributed by atoms with Gasteiger partial charge in [-0.15, -0.1) is 11.8 Å². The minimum Gasteiger partial charge on any atom is -0.125 e. The molecule has 3 rings (SSSR count). The zero-order valence-electron chi connectivity index (χ0n) is 12.4. The zero-order chi connectivity index (χ0) is 14.7. The highest BCUT2D eigenvalue weighted by Gasteiger charge is 2.25. The van der Waals surface area contributed by atoms with E-state index in [1.807, 2.05) is 11.8 Å². The summed E-state index contributed by atoms with van der Waals surface area (Å²) in [6.45, 7) is 2.15. The van der Waals surface area contributed by atoms with Crippen molar-refractivity contribution in [2.75, 3.05) is 11.1 Å². The van der Waals surface area contributed by atoms with Crippen LogP contribution in [0.5, 0.6) is 0 Å². The molecular weight excluding hydrogens is 340 g/mol. The molecule has 21 heavy (non-hydrogen) atoms. The topological polar surface area (TPSA) is 0 Å². The summed E-state index contributed by atoms with van der Waals surface area (Å²) in [4.78, 5) is 1.49. The molecule has 0 bridgehead atoms. The molecule has 1 heterocycles. The smallest absolute Gasteiger partial charge is 0.0107 e. The first-order valence-corrected chi connectivity index (χ1v) is 9.70. The van der Waals surface area contributed by atoms with Gasteiger partial charge in [-0.05, 0) is 48.8 Å². The van der Waals surface area contributed by atoms with Gasteiger partial charge >= 0.3 is 0 Å². The summed E-state index contributed by atoms with van der Waals surface area (Å²) in [5.41, 5.74) is 4.37. The van der Waals surface area contributed by atoms with E-state index in [9.17, 15) is 0 Å². The zero-order valence-corrected chi connectivity index (χ0v) is 14.8. The first-order chi connectivity index (χ1) is 10.3. The minimum atomic E-state index is 0.712. The lowest BCUT2D eigenvalue weighted by Crippen LogP contribution is -2.12. The van der Waals surface area contributed by atoms with Gasteiger partial charge in [-0.2, -0.15) is 0 Å². The third-order valence-electron chi connectivity index (χ3n) is 4.28. The van der Waals surface area contributed by atoms with E-state index in [-0.39, 0.29) is 0 Å². The lowest BCUT2D eigenvalue weighted by Gasteiger charge is -2.19. The van der Waals surface area contributed by atoms with E-state index in [0.29, 0.717) is 5.92 Å². The van der Waals surface area contributed by atoms with Crippen LogP contribution in [0.2, 0.25) is 0 Å². The highest BCUT2D eigenvalue weighted by Crippen LogP contribution is 2.42. The molecule has 0 radical (unpaired) electrons. The molecule has 2 heteroatoms. The maximum atomic E-state index is 3.73. The number of hydrogen-bond acceptors (Lipinski definition) is 1. The summed E-state index contributed by atoms with van der Waals surface area (Å²) in [5, 5.41) is 1.09. The summed E-state index contributed by atoms with van der Waals surface area (Å²) < 4.78 is 0. The van der Waals surface area contributed by atoms with Crippen LogP contribution >= 0.6 is 27.7 Å². The molecule has 2 atom stereocenters. The average molecular weight is 361 g/mol. The van der Waals surface area contributed by atoms with E-state index in [1.54, 1.807) is 5.56 Å². The maximum absolute atomic E-state index is 3.73. The molecule has 1 aliphatic heterocycles. The van der Waals surface area contributed by atoms with Crippen LogP contribution in [0.4, 0.5) is 0 Å². The van der Waals surface area contributed by atoms with Crippen LogP contribution in [0.1, 0.15) is 29.0 Å². The Labute approximate surface area is 140 Å². The van der Waals surface area contributed by atoms with Crippen LogP contribution in [0.15, 0.2) is 53.4 Å². The molecule has 0 N–H and O–H groups in total. The fraction of sp³-hybridized carbons (Fsp3) is 0.368. The molecule has 0 fully saturated rings. The van der Waals surface area contributed by atoms with Crippen LogP contribution in [0, 0.1) is 12.8 Å². The minimum absolute atomic E-state index is 0.712. The van der Waals surface area contributed by atoms with E-state index in [2.05, 4.69) is 71.4 Å². The summed E-state index contributed by atoms with van der Waals surface area (Å²) in [6.07, 6.45) is 2.46. The van der Waals surface area contributed by atoms with Crippen molar-refractivity contribution in [2.24, 2.45) is 5.92 Å². The molecule has 0 spiro atoms. The predicted octanol–water partition coefficient (Wildman–Crippen LogP) is 5.83. The number of fused-ring (bicyclic) bond motifs is 1. The standard InChI is InChI=1S/C19H21BrS/c1-14-6-8-15(9-7-14)10-16(12-20)11-17-13-21-19-5-3-2-4-18(17)19/h2-9,16-17H,10-13H2,1H3. The Hall–Kier alpha value is -0.730. The number of rotatable bonds is 5. The van der Waals surface area contributed by atoms with Crippen molar-refractivity contribution in [1.29, 1.82) is 0 Å². The van der Waals surface area contributed by atoms with Gasteiger partial charge in [0, 0.05) is 16.0 Å². The first-order valence-electron chi connectivity index (χ1n) is 7.59. The van der Waals surface area contributed by atoms with Crippen molar-refractivity contribution in [3.8, 4) is 0 Å². The maximum Gasteiger partial charge on any atom is 0.0107 e. The molecule has 2 aromatic carbocycles. The van der Waals surface area contributed by atoms with Gasteiger partial charge in [0.25, 0.3) is 0 Å². The third-order valence-corrected chi connectivity index (χ3v) is 6.45. The molecule has 0 saturated heterocycles. The molecule has 1 aliphatic rings. The summed E-state index contributed by atoms with van der Waals surface area (Å²) in [7, 11) is 0. The van der Waals surface area contributed by atoms with Gasteiger partial charge in [0.1, 0.15) is 0 Å². The Kier molecular flexibility index (Phi) is 5.07. The monoisotopic (exact) mass is 360 g/mol. The molecule has 0 saturated carbocycles. The van der Waals surface area contributed by atoms with Crippen LogP contribution in [-0.2, 0) is 6.42 Å². The van der Waals surface area contributed by atoms with E-state index >= 15 is 0 Å². The molecule has 0 aliphatic carbocycles. The van der Waals surface area contributed by atoms with Crippen LogP contribution in [-0.4, -0.2) is 11.1 Å². The Morgan fingerprint density at radius 1 is 1.14 bits per heavy atom. The summed E-state index contributed by atoms with van der Waals surface area (Å²) in [6, 6.07) is 17.9. The number of aryl methyl sites for hydroxylation is 1. The SMILES string of the molecule is Cc1ccc(CC(CBr)CC2CSc3ccccc32)cc1. The highest BCUT2D eigenvalue weighted by molar-refractivity contribution is 9.09. The Bertz CT molecular complexity index is 591. The Morgan fingerprint density at radius 2 is 1.90 bits per heavy atom. The number of halogens is 1. The van der Waals surface area contributed by atoms with Gasteiger partial charge in [0.15, 0.2) is 0 Å². The van der Waals surface area contributed by atoms with E-state index in [0.717, 1.165) is 11.2 Å². The fourth-order valence-corrected chi connectivity index (χ4v) is 4.85. The second-order valence-corrected chi connectivity index (χ2v) is 7.70. The second-order valence-electron chi connectivity index (χ2n) is 5.99. The molecule has 2 unspecified atom stereocenters.